The lowest BCUT2D eigenvalue weighted by molar-refractivity contribution is 0.280. The first-order valence-electron chi connectivity index (χ1n) is 10.6. The molecule has 3 unspecified atom stereocenters. The molecule has 0 N–H and O–H groups in total. The van der Waals surface area contributed by atoms with E-state index in [4.69, 9.17) is 0 Å². The van der Waals surface area contributed by atoms with Gasteiger partial charge in [-0.1, -0.05) is 83.7 Å². The van der Waals surface area contributed by atoms with E-state index in [0.29, 0.717) is 5.16 Å². The van der Waals surface area contributed by atoms with Gasteiger partial charge in [0.05, 0.1) is 0 Å². The minimum absolute atomic E-state index is 0.00515. The van der Waals surface area contributed by atoms with Crippen molar-refractivity contribution in [2.45, 2.75) is 94.8 Å². The van der Waals surface area contributed by atoms with Gasteiger partial charge in [-0.25, -0.2) is 0 Å². The van der Waals surface area contributed by atoms with Crippen LogP contribution in [0.1, 0.15) is 84.0 Å². The molecule has 3 atom stereocenters. The van der Waals surface area contributed by atoms with Gasteiger partial charge in [0.2, 0.25) is 0 Å². The Morgan fingerprint density at radius 3 is 2.08 bits per heavy atom. The van der Waals surface area contributed by atoms with E-state index in [9.17, 15) is 0 Å². The van der Waals surface area contributed by atoms with E-state index in [0.717, 1.165) is 17.5 Å². The molecule has 2 saturated carbocycles. The molecule has 0 bridgehead atoms. The minimum Gasteiger partial charge on any atom is -0.0655 e. The molecule has 1 saturated heterocycles. The highest BCUT2D eigenvalue weighted by atomic mass is 31.1. The molecular weight excluding hydrogens is 307 g/mol. The van der Waals surface area contributed by atoms with E-state index in [1.165, 1.54) is 77.0 Å². The fraction of sp³-hybridized carbons (Fsp3) is 0.739. The molecule has 4 rings (SSSR count). The highest BCUT2D eigenvalue weighted by Gasteiger charge is 2.51. The van der Waals surface area contributed by atoms with Crippen molar-refractivity contribution >= 4 is 13.2 Å². The molecule has 1 aromatic rings. The van der Waals surface area contributed by atoms with Gasteiger partial charge in [-0.3, -0.25) is 0 Å². The molecule has 24 heavy (non-hydrogen) atoms. The second-order valence-electron chi connectivity index (χ2n) is 8.90. The lowest BCUT2D eigenvalue weighted by atomic mass is 9.77. The van der Waals surface area contributed by atoms with Crippen LogP contribution in [0.2, 0.25) is 0 Å². The fourth-order valence-corrected chi connectivity index (χ4v) is 10.6. The third-order valence-electron chi connectivity index (χ3n) is 7.54. The molecule has 1 heterocycles. The van der Waals surface area contributed by atoms with Crippen LogP contribution in [-0.2, 0) is 0 Å². The highest BCUT2D eigenvalue weighted by molar-refractivity contribution is 7.68. The van der Waals surface area contributed by atoms with E-state index in [-0.39, 0.29) is 7.92 Å². The van der Waals surface area contributed by atoms with E-state index in [2.05, 4.69) is 37.3 Å². The lowest BCUT2D eigenvalue weighted by Crippen LogP contribution is -2.36. The van der Waals surface area contributed by atoms with Gasteiger partial charge in [0.1, 0.15) is 0 Å². The van der Waals surface area contributed by atoms with Gasteiger partial charge in [-0.15, -0.1) is 0 Å². The van der Waals surface area contributed by atoms with E-state index < -0.39 is 0 Å². The molecule has 0 nitrogen and oxygen atoms in total. The molecule has 3 fully saturated rings. The van der Waals surface area contributed by atoms with Crippen molar-refractivity contribution in [2.75, 3.05) is 0 Å². The standard InChI is InChI=1S/C23H35P/c1-23(20-13-7-3-8-14-20)18-17-22(19-11-5-2-6-12-19)24(23)21-15-9-4-10-16-21/h4,9-10,15-16,19-20,22H,2-3,5-8,11-14,17-18H2,1H3. The molecule has 1 aromatic carbocycles. The van der Waals surface area contributed by atoms with Crippen LogP contribution in [-0.4, -0.2) is 10.8 Å². The summed E-state index contributed by atoms with van der Waals surface area (Å²) < 4.78 is 0. The molecule has 0 spiro atoms. The van der Waals surface area contributed by atoms with Crippen molar-refractivity contribution in [1.82, 2.24) is 0 Å². The van der Waals surface area contributed by atoms with Crippen molar-refractivity contribution < 1.29 is 0 Å². The summed E-state index contributed by atoms with van der Waals surface area (Å²) in [4.78, 5) is 0. The molecule has 2 aliphatic carbocycles. The first-order valence-corrected chi connectivity index (χ1v) is 12.0. The second kappa shape index (κ2) is 7.49. The largest absolute Gasteiger partial charge is 0.0655 e. The van der Waals surface area contributed by atoms with Gasteiger partial charge in [0, 0.05) is 0 Å². The van der Waals surface area contributed by atoms with E-state index in [1.54, 1.807) is 5.30 Å². The summed E-state index contributed by atoms with van der Waals surface area (Å²) in [6.45, 7) is 2.71. The van der Waals surface area contributed by atoms with Crippen molar-refractivity contribution in [3.63, 3.8) is 0 Å². The van der Waals surface area contributed by atoms with Crippen LogP contribution in [0.5, 0.6) is 0 Å². The molecule has 1 heteroatoms. The first kappa shape index (κ1) is 17.1. The van der Waals surface area contributed by atoms with Gasteiger partial charge in [-0.2, -0.15) is 0 Å². The van der Waals surface area contributed by atoms with Crippen LogP contribution in [0, 0.1) is 11.8 Å². The Kier molecular flexibility index (Phi) is 5.33. The maximum absolute atomic E-state index is 2.71. The third-order valence-corrected chi connectivity index (χ3v) is 11.4. The van der Waals surface area contributed by atoms with Crippen LogP contribution in [0.25, 0.3) is 0 Å². The summed E-state index contributed by atoms with van der Waals surface area (Å²) in [5, 5.41) is 2.35. The Balaban J connectivity index is 1.65. The van der Waals surface area contributed by atoms with Gasteiger partial charge < -0.3 is 0 Å². The number of benzene rings is 1. The fourth-order valence-electron chi connectivity index (χ4n) is 6.23. The Hall–Kier alpha value is -0.350. The Morgan fingerprint density at radius 1 is 0.792 bits per heavy atom. The van der Waals surface area contributed by atoms with Gasteiger partial charge >= 0.3 is 0 Å². The summed E-state index contributed by atoms with van der Waals surface area (Å²) in [5.74, 6) is 2.04. The van der Waals surface area contributed by atoms with Crippen molar-refractivity contribution in [3.05, 3.63) is 30.3 Å². The summed E-state index contributed by atoms with van der Waals surface area (Å²) in [6.07, 6.45) is 18.1. The van der Waals surface area contributed by atoms with Gasteiger partial charge in [0.15, 0.2) is 0 Å². The molecule has 0 amide bonds. The van der Waals surface area contributed by atoms with Gasteiger partial charge in [-0.05, 0) is 66.5 Å². The number of hydrogen-bond acceptors (Lipinski definition) is 0. The number of rotatable bonds is 3. The average molecular weight is 343 g/mol. The monoisotopic (exact) mass is 342 g/mol. The lowest BCUT2D eigenvalue weighted by Gasteiger charge is -2.45. The molecule has 0 radical (unpaired) electrons. The topological polar surface area (TPSA) is 0 Å². The Morgan fingerprint density at radius 2 is 1.42 bits per heavy atom. The molecular formula is C23H35P. The quantitative estimate of drug-likeness (QED) is 0.525. The molecule has 132 valence electrons. The summed E-state index contributed by atoms with van der Waals surface area (Å²) in [7, 11) is 0.00515. The average Bonchev–Trinajstić information content (AvgIpc) is 3.03. The highest BCUT2D eigenvalue weighted by Crippen LogP contribution is 2.68. The van der Waals surface area contributed by atoms with Crippen LogP contribution >= 0.6 is 7.92 Å². The molecule has 0 aromatic heterocycles. The van der Waals surface area contributed by atoms with Crippen LogP contribution in [0.3, 0.4) is 0 Å². The van der Waals surface area contributed by atoms with Crippen molar-refractivity contribution in [1.29, 1.82) is 0 Å². The first-order chi connectivity index (χ1) is 11.8. The Labute approximate surface area is 150 Å². The summed E-state index contributed by atoms with van der Waals surface area (Å²) in [6, 6.07) is 11.8. The maximum atomic E-state index is 2.71. The molecule has 1 aliphatic heterocycles. The normalized spacial score (nSPS) is 36.0. The zero-order chi connectivity index (χ0) is 16.4. The second-order valence-corrected chi connectivity index (χ2v) is 11.8. The third kappa shape index (κ3) is 3.21. The van der Waals surface area contributed by atoms with E-state index >= 15 is 0 Å². The van der Waals surface area contributed by atoms with Crippen molar-refractivity contribution in [2.24, 2.45) is 11.8 Å². The SMILES string of the molecule is CC1(C2CCCCC2)CCC(C2CCCCC2)P1c1ccccc1. The maximum Gasteiger partial charge on any atom is -0.00516 e. The summed E-state index contributed by atoms with van der Waals surface area (Å²) >= 11 is 0. The van der Waals surface area contributed by atoms with Crippen LogP contribution in [0.15, 0.2) is 30.3 Å². The van der Waals surface area contributed by atoms with Crippen molar-refractivity contribution in [3.8, 4) is 0 Å². The summed E-state index contributed by atoms with van der Waals surface area (Å²) in [5.41, 5.74) is 1.02. The van der Waals surface area contributed by atoms with Crippen LogP contribution < -0.4 is 5.30 Å². The molecule has 3 aliphatic rings. The smallest absolute Gasteiger partial charge is 0.00516 e. The zero-order valence-corrected chi connectivity index (χ0v) is 16.4. The van der Waals surface area contributed by atoms with Gasteiger partial charge in [0.25, 0.3) is 0 Å². The predicted octanol–water partition coefficient (Wildman–Crippen LogP) is 6.88. The van der Waals surface area contributed by atoms with Crippen LogP contribution in [0.4, 0.5) is 0 Å². The van der Waals surface area contributed by atoms with E-state index in [1.807, 2.05) is 0 Å². The zero-order valence-electron chi connectivity index (χ0n) is 15.6. The minimum atomic E-state index is 0.00515. The number of hydrogen-bond donors (Lipinski definition) is 0. The predicted molar refractivity (Wildman–Crippen MR) is 108 cm³/mol. The Bertz CT molecular complexity index is 512.